The van der Waals surface area contributed by atoms with Gasteiger partial charge in [-0.15, -0.1) is 6.42 Å². The van der Waals surface area contributed by atoms with Crippen LogP contribution >= 0.6 is 0 Å². The number of unbranched alkanes of at least 4 members (excludes halogenated alkanes) is 14. The minimum absolute atomic E-state index is 0.737. The van der Waals surface area contributed by atoms with Crippen molar-refractivity contribution in [3.8, 4) is 24.2 Å². The number of carbonyl (C=O) groups is 1. The summed E-state index contributed by atoms with van der Waals surface area (Å²) >= 11 is 0. The summed E-state index contributed by atoms with van der Waals surface area (Å²) < 4.78 is 0. The van der Waals surface area contributed by atoms with Crippen LogP contribution in [0.2, 0.25) is 0 Å². The van der Waals surface area contributed by atoms with Gasteiger partial charge >= 0.3 is 5.97 Å². The molecule has 34 heavy (non-hydrogen) atoms. The number of hydrogen-bond acceptors (Lipinski definition) is 2. The molecular weight excluding hydrogens is 420 g/mol. The second kappa shape index (κ2) is 26.8. The minimum Gasteiger partial charge on any atom is -0.472 e. The highest BCUT2D eigenvalue weighted by molar-refractivity contribution is 5.86. The predicted molar refractivity (Wildman–Crippen MR) is 145 cm³/mol. The number of rotatable bonds is 21. The summed E-state index contributed by atoms with van der Waals surface area (Å²) in [5.74, 6) is 5.79. The van der Waals surface area contributed by atoms with Crippen LogP contribution in [0.25, 0.3) is 0 Å². The third kappa shape index (κ3) is 27.5. The van der Waals surface area contributed by atoms with Crippen LogP contribution in [0, 0.1) is 24.2 Å². The predicted octanol–water partition coefficient (Wildman–Crippen LogP) is 7.93. The molecule has 0 aromatic rings. The molecule has 0 radical (unpaired) electrons. The molecule has 1 atom stereocenters. The maximum Gasteiger partial charge on any atom is 0.382 e. The van der Waals surface area contributed by atoms with Gasteiger partial charge in [0.05, 0.1) is 0 Å². The molecule has 0 aromatic heterocycles. The first-order chi connectivity index (χ1) is 16.7. The molecule has 0 spiro atoms. The summed E-state index contributed by atoms with van der Waals surface area (Å²) in [6.07, 6.45) is 41.4. The third-order valence-corrected chi connectivity index (χ3v) is 5.46. The highest BCUT2D eigenvalue weighted by atomic mass is 16.4. The maximum absolute atomic E-state index is 10.2. The maximum atomic E-state index is 10.2. The number of hydrogen-bond donors (Lipinski definition) is 2. The average molecular weight is 467 g/mol. The Morgan fingerprint density at radius 2 is 1.12 bits per heavy atom. The van der Waals surface area contributed by atoms with Gasteiger partial charge in [0.15, 0.2) is 0 Å². The number of terminal acetylenes is 1. The van der Waals surface area contributed by atoms with E-state index in [1.54, 1.807) is 12.2 Å². The van der Waals surface area contributed by atoms with Crippen LogP contribution in [0.3, 0.4) is 0 Å². The van der Waals surface area contributed by atoms with Crippen molar-refractivity contribution >= 4 is 5.97 Å². The van der Waals surface area contributed by atoms with Crippen molar-refractivity contribution in [2.45, 2.75) is 115 Å². The molecule has 0 heterocycles. The Morgan fingerprint density at radius 1 is 0.676 bits per heavy atom. The van der Waals surface area contributed by atoms with Gasteiger partial charge in [-0.05, 0) is 69.9 Å². The van der Waals surface area contributed by atoms with Crippen LogP contribution in [0.5, 0.6) is 0 Å². The van der Waals surface area contributed by atoms with E-state index < -0.39 is 12.1 Å². The van der Waals surface area contributed by atoms with E-state index in [4.69, 9.17) is 11.5 Å². The summed E-state index contributed by atoms with van der Waals surface area (Å²) in [5, 5.41) is 17.6. The van der Waals surface area contributed by atoms with E-state index >= 15 is 0 Å². The van der Waals surface area contributed by atoms with Gasteiger partial charge in [-0.3, -0.25) is 0 Å². The Morgan fingerprint density at radius 3 is 1.62 bits per heavy atom. The largest absolute Gasteiger partial charge is 0.472 e. The molecule has 1 unspecified atom stereocenters. The molecule has 0 saturated carbocycles. The van der Waals surface area contributed by atoms with E-state index in [0.717, 1.165) is 38.5 Å². The lowest BCUT2D eigenvalue weighted by Crippen LogP contribution is -1.95. The highest BCUT2D eigenvalue weighted by Gasteiger charge is 1.92. The monoisotopic (exact) mass is 466 g/mol. The van der Waals surface area contributed by atoms with Crippen molar-refractivity contribution in [2.75, 3.05) is 0 Å². The van der Waals surface area contributed by atoms with E-state index in [0.29, 0.717) is 0 Å². The lowest BCUT2D eigenvalue weighted by molar-refractivity contribution is -0.130. The number of aliphatic carboxylic acids is 1. The molecule has 0 aromatic carbocycles. The molecule has 0 rings (SSSR count). The van der Waals surface area contributed by atoms with Gasteiger partial charge < -0.3 is 10.2 Å². The Bertz CT molecular complexity index is 694. The smallest absolute Gasteiger partial charge is 0.382 e. The fraction of sp³-hybridized carbons (Fsp3) is 0.581. The Hall–Kier alpha value is -2.49. The molecule has 0 aliphatic carbocycles. The molecule has 3 nitrogen and oxygen atoms in total. The number of allylic oxidation sites excluding steroid dienone is 7. The van der Waals surface area contributed by atoms with E-state index in [1.165, 1.54) is 70.6 Å². The lowest BCUT2D eigenvalue weighted by atomic mass is 10.1. The van der Waals surface area contributed by atoms with Crippen molar-refractivity contribution < 1.29 is 15.0 Å². The molecule has 0 bridgehead atoms. The lowest BCUT2D eigenvalue weighted by Gasteiger charge is -2.01. The summed E-state index contributed by atoms with van der Waals surface area (Å²) in [6.45, 7) is 0. The Balaban J connectivity index is 3.30. The van der Waals surface area contributed by atoms with Crippen LogP contribution in [-0.4, -0.2) is 22.3 Å². The zero-order valence-corrected chi connectivity index (χ0v) is 21.1. The highest BCUT2D eigenvalue weighted by Crippen LogP contribution is 2.12. The summed E-state index contributed by atoms with van der Waals surface area (Å²) in [4.78, 5) is 10.2. The van der Waals surface area contributed by atoms with Crippen LogP contribution in [-0.2, 0) is 4.79 Å². The molecule has 0 fully saturated rings. The normalized spacial score (nSPS) is 12.5. The fourth-order valence-corrected chi connectivity index (χ4v) is 3.50. The van der Waals surface area contributed by atoms with Crippen LogP contribution in [0.1, 0.15) is 109 Å². The van der Waals surface area contributed by atoms with Gasteiger partial charge in [-0.25, -0.2) is 4.79 Å². The second-order valence-electron chi connectivity index (χ2n) is 8.59. The zero-order valence-electron chi connectivity index (χ0n) is 21.1. The first-order valence-corrected chi connectivity index (χ1v) is 13.2. The number of carboxylic acids is 1. The van der Waals surface area contributed by atoms with Crippen molar-refractivity contribution in [1.82, 2.24) is 0 Å². The van der Waals surface area contributed by atoms with Crippen LogP contribution in [0.4, 0.5) is 0 Å². The zero-order chi connectivity index (χ0) is 25.0. The van der Waals surface area contributed by atoms with Crippen molar-refractivity contribution in [3.63, 3.8) is 0 Å². The van der Waals surface area contributed by atoms with Gasteiger partial charge in [-0.2, -0.15) is 0 Å². The number of aliphatic hydroxyl groups excluding tert-OH is 1. The van der Waals surface area contributed by atoms with Crippen molar-refractivity contribution in [1.29, 1.82) is 0 Å². The van der Waals surface area contributed by atoms with Gasteiger partial charge in [-0.1, -0.05) is 99.7 Å². The summed E-state index contributed by atoms with van der Waals surface area (Å²) in [5.41, 5.74) is 0. The summed E-state index contributed by atoms with van der Waals surface area (Å²) in [7, 11) is 0. The molecule has 2 N–H and O–H groups in total. The van der Waals surface area contributed by atoms with E-state index in [2.05, 4.69) is 42.1 Å². The molecule has 0 aliphatic rings. The molecule has 0 amide bonds. The molecular formula is C31H46O3. The fourth-order valence-electron chi connectivity index (χ4n) is 3.50. The molecule has 188 valence electrons. The standard InChI is InChI=1S/C31H46O3/c1-2-30(32)28-26-24-22-20-18-16-14-12-10-8-6-4-3-5-7-9-11-13-15-17-19-21-23-25-27-29-31(33)34/h1,6,8,12,14,23,25-26,28,30,32H,3-5,7,9-11,13,15-22,24H2,(H,33,34)/b8-6-,14-12-,25-23-,28-26+. The van der Waals surface area contributed by atoms with Gasteiger partial charge in [0, 0.05) is 5.92 Å². The Kier molecular flexibility index (Phi) is 24.8. The topological polar surface area (TPSA) is 57.5 Å². The van der Waals surface area contributed by atoms with Crippen LogP contribution in [0.15, 0.2) is 48.6 Å². The van der Waals surface area contributed by atoms with E-state index in [9.17, 15) is 9.90 Å². The quantitative estimate of drug-likeness (QED) is 0.103. The Labute approximate surface area is 209 Å². The van der Waals surface area contributed by atoms with Gasteiger partial charge in [0.2, 0.25) is 0 Å². The minimum atomic E-state index is -1.08. The third-order valence-electron chi connectivity index (χ3n) is 5.46. The molecule has 0 aliphatic heterocycles. The van der Waals surface area contributed by atoms with Gasteiger partial charge in [0.25, 0.3) is 0 Å². The first kappa shape index (κ1) is 31.5. The van der Waals surface area contributed by atoms with Crippen LogP contribution < -0.4 is 0 Å². The number of carboxylic acid groups (broad SMARTS) is 1. The summed E-state index contributed by atoms with van der Waals surface area (Å²) in [6, 6.07) is 0. The van der Waals surface area contributed by atoms with Crippen molar-refractivity contribution in [3.05, 3.63) is 48.6 Å². The van der Waals surface area contributed by atoms with E-state index in [-0.39, 0.29) is 0 Å². The van der Waals surface area contributed by atoms with Crippen molar-refractivity contribution in [2.24, 2.45) is 0 Å². The number of aliphatic hydroxyl groups is 1. The van der Waals surface area contributed by atoms with E-state index in [1.807, 2.05) is 12.2 Å². The SMILES string of the molecule is C#CC(O)/C=C/CCCCC/C=C\C/C=C\CCCCCCCCCCC/C=C\C#CC(=O)O. The molecule has 3 heteroatoms. The van der Waals surface area contributed by atoms with Gasteiger partial charge in [0.1, 0.15) is 6.10 Å². The molecule has 0 saturated heterocycles. The second-order valence-corrected chi connectivity index (χ2v) is 8.59. The first-order valence-electron chi connectivity index (χ1n) is 13.2. The average Bonchev–Trinajstić information content (AvgIpc) is 2.83.